The van der Waals surface area contributed by atoms with E-state index in [-0.39, 0.29) is 23.5 Å². The van der Waals surface area contributed by atoms with E-state index >= 15 is 0 Å². The van der Waals surface area contributed by atoms with Crippen LogP contribution in [0.15, 0.2) is 0 Å². The third-order valence-corrected chi connectivity index (χ3v) is 5.67. The van der Waals surface area contributed by atoms with Crippen molar-refractivity contribution in [3.05, 3.63) is 0 Å². The molecule has 1 amide bonds. The first-order valence-corrected chi connectivity index (χ1v) is 8.55. The van der Waals surface area contributed by atoms with Crippen LogP contribution in [0.3, 0.4) is 0 Å². The van der Waals surface area contributed by atoms with Gasteiger partial charge in [0.05, 0.1) is 24.9 Å². The standard InChI is InChI=1S/C17H30N2O3/c1-11-8-19(9-12(2)22-11)14(20)10-18(5)15-13-6-7-21-16(13)17(15,3)4/h11-13,15-16H,6-10H2,1-5H3/t11-,12-,13+,15-,16-/m1/s1. The fraction of sp³-hybridized carbons (Fsp3) is 0.941. The Morgan fingerprint density at radius 2 is 1.91 bits per heavy atom. The van der Waals surface area contributed by atoms with Crippen molar-refractivity contribution in [1.29, 1.82) is 0 Å². The summed E-state index contributed by atoms with van der Waals surface area (Å²) in [7, 11) is 2.09. The maximum atomic E-state index is 12.6. The zero-order valence-electron chi connectivity index (χ0n) is 14.5. The second-order valence-electron chi connectivity index (χ2n) is 7.98. The van der Waals surface area contributed by atoms with Crippen molar-refractivity contribution in [2.24, 2.45) is 11.3 Å². The van der Waals surface area contributed by atoms with Gasteiger partial charge in [-0.3, -0.25) is 9.69 Å². The molecule has 3 rings (SSSR count). The third kappa shape index (κ3) is 2.68. The van der Waals surface area contributed by atoms with Gasteiger partial charge in [0, 0.05) is 37.1 Å². The van der Waals surface area contributed by atoms with Crippen LogP contribution < -0.4 is 0 Å². The molecule has 5 nitrogen and oxygen atoms in total. The van der Waals surface area contributed by atoms with Crippen LogP contribution >= 0.6 is 0 Å². The van der Waals surface area contributed by atoms with E-state index in [0.29, 0.717) is 37.7 Å². The first-order valence-electron chi connectivity index (χ1n) is 8.55. The Kier molecular flexibility index (Phi) is 4.25. The predicted molar refractivity (Wildman–Crippen MR) is 84.6 cm³/mol. The summed E-state index contributed by atoms with van der Waals surface area (Å²) < 4.78 is 11.6. The number of amides is 1. The highest BCUT2D eigenvalue weighted by atomic mass is 16.5. The largest absolute Gasteiger partial charge is 0.377 e. The van der Waals surface area contributed by atoms with E-state index in [1.165, 1.54) is 0 Å². The summed E-state index contributed by atoms with van der Waals surface area (Å²) in [5.74, 6) is 0.818. The summed E-state index contributed by atoms with van der Waals surface area (Å²) in [6, 6.07) is 0.444. The van der Waals surface area contributed by atoms with Crippen molar-refractivity contribution in [3.8, 4) is 0 Å². The Morgan fingerprint density at radius 3 is 2.55 bits per heavy atom. The fourth-order valence-corrected chi connectivity index (χ4v) is 4.99. The molecule has 1 aliphatic carbocycles. The molecule has 0 unspecified atom stereocenters. The van der Waals surface area contributed by atoms with Gasteiger partial charge in [0.1, 0.15) is 0 Å². The van der Waals surface area contributed by atoms with Crippen molar-refractivity contribution in [1.82, 2.24) is 9.80 Å². The predicted octanol–water partition coefficient (Wildman–Crippen LogP) is 1.37. The van der Waals surface area contributed by atoms with Crippen molar-refractivity contribution < 1.29 is 14.3 Å². The van der Waals surface area contributed by atoms with Crippen molar-refractivity contribution in [3.63, 3.8) is 0 Å². The SMILES string of the molecule is C[C@@H]1CN(C(=O)CN(C)[C@@H]2[C@@H]3CCO[C@H]3C2(C)C)C[C@@H](C)O1. The lowest BCUT2D eigenvalue weighted by Crippen LogP contribution is -2.67. The van der Waals surface area contributed by atoms with Crippen LogP contribution in [0.4, 0.5) is 0 Å². The number of carbonyl (C=O) groups is 1. The minimum Gasteiger partial charge on any atom is -0.377 e. The van der Waals surface area contributed by atoms with E-state index in [4.69, 9.17) is 9.47 Å². The summed E-state index contributed by atoms with van der Waals surface area (Å²) >= 11 is 0. The fourth-order valence-electron chi connectivity index (χ4n) is 4.99. The van der Waals surface area contributed by atoms with E-state index in [1.807, 2.05) is 18.7 Å². The second kappa shape index (κ2) is 5.77. The second-order valence-corrected chi connectivity index (χ2v) is 7.98. The summed E-state index contributed by atoms with van der Waals surface area (Å²) in [5.41, 5.74) is 0.141. The van der Waals surface area contributed by atoms with Crippen LogP contribution in [-0.4, -0.2) is 73.3 Å². The lowest BCUT2D eigenvalue weighted by Gasteiger charge is -2.58. The molecule has 3 fully saturated rings. The molecule has 3 aliphatic rings. The van der Waals surface area contributed by atoms with Gasteiger partial charge in [-0.25, -0.2) is 0 Å². The zero-order chi connectivity index (χ0) is 16.1. The topological polar surface area (TPSA) is 42.0 Å². The van der Waals surface area contributed by atoms with E-state index < -0.39 is 0 Å². The quantitative estimate of drug-likeness (QED) is 0.789. The molecule has 0 aromatic carbocycles. The van der Waals surface area contributed by atoms with Gasteiger partial charge in [-0.2, -0.15) is 0 Å². The highest BCUT2D eigenvalue weighted by Crippen LogP contribution is 2.54. The Bertz CT molecular complexity index is 430. The molecule has 0 N–H and O–H groups in total. The van der Waals surface area contributed by atoms with Gasteiger partial charge >= 0.3 is 0 Å². The highest BCUT2D eigenvalue weighted by molar-refractivity contribution is 5.78. The maximum absolute atomic E-state index is 12.6. The molecule has 5 atom stereocenters. The third-order valence-electron chi connectivity index (χ3n) is 5.67. The summed E-state index contributed by atoms with van der Waals surface area (Å²) in [5, 5.41) is 0. The number of hydrogen-bond acceptors (Lipinski definition) is 4. The van der Waals surface area contributed by atoms with Gasteiger partial charge in [0.15, 0.2) is 0 Å². The van der Waals surface area contributed by atoms with Gasteiger partial charge < -0.3 is 14.4 Å². The van der Waals surface area contributed by atoms with Crippen molar-refractivity contribution >= 4 is 5.91 Å². The Balaban J connectivity index is 1.59. The van der Waals surface area contributed by atoms with Crippen LogP contribution in [0.1, 0.15) is 34.1 Å². The van der Waals surface area contributed by atoms with Gasteiger partial charge in [-0.05, 0) is 27.3 Å². The first-order chi connectivity index (χ1) is 10.3. The number of fused-ring (bicyclic) bond motifs is 1. The van der Waals surface area contributed by atoms with Crippen molar-refractivity contribution in [2.75, 3.05) is 33.3 Å². The average Bonchev–Trinajstić information content (AvgIpc) is 2.83. The Hall–Kier alpha value is -0.650. The number of morpholine rings is 1. The zero-order valence-corrected chi connectivity index (χ0v) is 14.5. The number of likely N-dealkylation sites (N-methyl/N-ethyl adjacent to an activating group) is 1. The molecule has 0 spiro atoms. The van der Waals surface area contributed by atoms with Gasteiger partial charge in [0.25, 0.3) is 0 Å². The number of hydrogen-bond donors (Lipinski definition) is 0. The monoisotopic (exact) mass is 310 g/mol. The Morgan fingerprint density at radius 1 is 1.27 bits per heavy atom. The normalized spacial score (nSPS) is 40.5. The van der Waals surface area contributed by atoms with E-state index in [2.05, 4.69) is 25.8 Å². The van der Waals surface area contributed by atoms with Crippen LogP contribution in [-0.2, 0) is 14.3 Å². The average molecular weight is 310 g/mol. The minimum atomic E-state index is 0.130. The lowest BCUT2D eigenvalue weighted by atomic mass is 9.57. The molecule has 126 valence electrons. The molecule has 2 aliphatic heterocycles. The molecule has 0 radical (unpaired) electrons. The van der Waals surface area contributed by atoms with Crippen LogP contribution in [0.5, 0.6) is 0 Å². The molecule has 1 saturated carbocycles. The first kappa shape index (κ1) is 16.2. The van der Waals surface area contributed by atoms with E-state index in [9.17, 15) is 4.79 Å². The highest BCUT2D eigenvalue weighted by Gasteiger charge is 2.60. The maximum Gasteiger partial charge on any atom is 0.236 e. The molecule has 0 aromatic rings. The summed E-state index contributed by atoms with van der Waals surface area (Å²) in [6.45, 7) is 11.4. The molecule has 2 saturated heterocycles. The molecule has 22 heavy (non-hydrogen) atoms. The van der Waals surface area contributed by atoms with Crippen LogP contribution in [0.2, 0.25) is 0 Å². The Labute approximate surface area is 133 Å². The number of rotatable bonds is 3. The molecular weight excluding hydrogens is 280 g/mol. The molecular formula is C17H30N2O3. The van der Waals surface area contributed by atoms with Gasteiger partial charge in [0.2, 0.25) is 5.91 Å². The van der Waals surface area contributed by atoms with Crippen molar-refractivity contribution in [2.45, 2.75) is 58.5 Å². The molecule has 0 aromatic heterocycles. The molecule has 5 heteroatoms. The summed E-state index contributed by atoms with van der Waals surface area (Å²) in [4.78, 5) is 16.9. The van der Waals surface area contributed by atoms with E-state index in [1.54, 1.807) is 0 Å². The number of ether oxygens (including phenoxy) is 2. The number of carbonyl (C=O) groups excluding carboxylic acids is 1. The van der Waals surface area contributed by atoms with Gasteiger partial charge in [-0.15, -0.1) is 0 Å². The smallest absolute Gasteiger partial charge is 0.236 e. The van der Waals surface area contributed by atoms with Crippen LogP contribution in [0.25, 0.3) is 0 Å². The minimum absolute atomic E-state index is 0.130. The molecule has 0 bridgehead atoms. The van der Waals surface area contributed by atoms with Crippen LogP contribution in [0, 0.1) is 11.3 Å². The lowest BCUT2D eigenvalue weighted by molar-refractivity contribution is -0.162. The molecule has 2 heterocycles. The van der Waals surface area contributed by atoms with Gasteiger partial charge in [-0.1, -0.05) is 13.8 Å². The number of nitrogens with zero attached hydrogens (tertiary/aromatic N) is 2. The van der Waals surface area contributed by atoms with E-state index in [0.717, 1.165) is 13.0 Å². The summed E-state index contributed by atoms with van der Waals surface area (Å²) in [6.07, 6.45) is 1.76.